The highest BCUT2D eigenvalue weighted by Crippen LogP contribution is 2.43. The maximum atomic E-state index is 13.8. The number of thioether (sulfide) groups is 1. The third kappa shape index (κ3) is 9.02. The molecule has 1 N–H and O–H groups in total. The molecule has 0 unspecified atom stereocenters. The quantitative estimate of drug-likeness (QED) is 0.0590. The smallest absolute Gasteiger partial charge is 0.354 e. The third-order valence-electron chi connectivity index (χ3n) is 11.8. The molecular formula is C45H58ClN5O4SSi. The number of hydrogen-bond donors (Lipinski definition) is 1. The summed E-state index contributed by atoms with van der Waals surface area (Å²) < 4.78 is 18.1. The van der Waals surface area contributed by atoms with Crippen molar-refractivity contribution in [2.45, 2.75) is 97.2 Å². The third-order valence-corrected chi connectivity index (χ3v) is 17.7. The number of phenolic OH excluding ortho intramolecular Hbond substituents is 1. The van der Waals surface area contributed by atoms with Gasteiger partial charge in [-0.05, 0) is 105 Å². The predicted molar refractivity (Wildman–Crippen MR) is 238 cm³/mol. The monoisotopic (exact) mass is 827 g/mol. The van der Waals surface area contributed by atoms with E-state index in [-0.39, 0.29) is 11.0 Å². The fourth-order valence-electron chi connectivity index (χ4n) is 7.61. The van der Waals surface area contributed by atoms with Crippen LogP contribution in [0, 0.1) is 13.8 Å². The Kier molecular flexibility index (Phi) is 13.0. The number of carbonyl (C=O) groups excluding carboxylic acids is 1. The number of aromatic hydroxyl groups is 1. The van der Waals surface area contributed by atoms with Crippen molar-refractivity contribution >= 4 is 59.3 Å². The van der Waals surface area contributed by atoms with E-state index in [4.69, 9.17) is 31.0 Å². The lowest BCUT2D eigenvalue weighted by atomic mass is 9.98. The van der Waals surface area contributed by atoms with Gasteiger partial charge in [-0.3, -0.25) is 9.36 Å². The lowest BCUT2D eigenvalue weighted by Crippen LogP contribution is -2.41. The first kappa shape index (κ1) is 42.6. The summed E-state index contributed by atoms with van der Waals surface area (Å²) in [4.78, 5) is 13.8. The van der Waals surface area contributed by atoms with Crippen LogP contribution in [-0.2, 0) is 54.8 Å². The summed E-state index contributed by atoms with van der Waals surface area (Å²) in [5.41, 5.74) is 9.61. The Bertz CT molecular complexity index is 2410. The molecule has 0 saturated heterocycles. The van der Waals surface area contributed by atoms with E-state index in [9.17, 15) is 9.90 Å². The van der Waals surface area contributed by atoms with E-state index < -0.39 is 8.32 Å². The molecule has 304 valence electrons. The molecule has 12 heteroatoms. The van der Waals surface area contributed by atoms with Crippen LogP contribution in [0.2, 0.25) is 23.2 Å². The molecule has 0 radical (unpaired) electrons. The van der Waals surface area contributed by atoms with Crippen LogP contribution < -0.4 is 0 Å². The van der Waals surface area contributed by atoms with Crippen LogP contribution in [0.1, 0.15) is 78.0 Å². The van der Waals surface area contributed by atoms with E-state index in [0.717, 1.165) is 104 Å². The Morgan fingerprint density at radius 3 is 2.39 bits per heavy atom. The second kappa shape index (κ2) is 17.4. The average molecular weight is 829 g/mol. The summed E-state index contributed by atoms with van der Waals surface area (Å²) in [6.07, 6.45) is 3.93. The summed E-state index contributed by atoms with van der Waals surface area (Å²) in [7, 11) is 3.48. The van der Waals surface area contributed by atoms with Crippen molar-refractivity contribution in [3.63, 3.8) is 0 Å². The number of benzene rings is 3. The zero-order chi connectivity index (χ0) is 41.2. The Hall–Kier alpha value is -4.03. The van der Waals surface area contributed by atoms with Gasteiger partial charge < -0.3 is 18.8 Å². The van der Waals surface area contributed by atoms with Gasteiger partial charge in [0.05, 0.1) is 29.0 Å². The van der Waals surface area contributed by atoms with Crippen LogP contribution in [0.25, 0.3) is 32.8 Å². The molecule has 6 aromatic rings. The molecule has 0 bridgehead atoms. The Morgan fingerprint density at radius 1 is 0.930 bits per heavy atom. The highest BCUT2D eigenvalue weighted by atomic mass is 35.5. The van der Waals surface area contributed by atoms with Crippen molar-refractivity contribution in [1.29, 1.82) is 0 Å². The van der Waals surface area contributed by atoms with Gasteiger partial charge in [0.25, 0.3) is 0 Å². The summed E-state index contributed by atoms with van der Waals surface area (Å²) >= 11 is 8.95. The van der Waals surface area contributed by atoms with Gasteiger partial charge >= 0.3 is 5.97 Å². The van der Waals surface area contributed by atoms with E-state index in [1.165, 1.54) is 7.11 Å². The molecule has 0 aliphatic carbocycles. The minimum absolute atomic E-state index is 0.117. The lowest BCUT2D eigenvalue weighted by Gasteiger charge is -2.36. The van der Waals surface area contributed by atoms with Crippen molar-refractivity contribution in [3.05, 3.63) is 99.2 Å². The molecule has 0 spiro atoms. The molecule has 0 saturated carbocycles. The maximum Gasteiger partial charge on any atom is 0.354 e. The number of aromatic nitrogens is 5. The molecule has 3 heterocycles. The molecule has 0 fully saturated rings. The van der Waals surface area contributed by atoms with Gasteiger partial charge in [-0.2, -0.15) is 22.0 Å². The number of methoxy groups -OCH3 is 1. The van der Waals surface area contributed by atoms with Crippen molar-refractivity contribution in [1.82, 2.24) is 24.1 Å². The van der Waals surface area contributed by atoms with Crippen molar-refractivity contribution in [3.8, 4) is 16.9 Å². The minimum Gasteiger partial charge on any atom is -0.507 e. The van der Waals surface area contributed by atoms with Gasteiger partial charge in [0.15, 0.2) is 8.32 Å². The van der Waals surface area contributed by atoms with E-state index in [1.54, 1.807) is 0 Å². The number of halogens is 1. The van der Waals surface area contributed by atoms with Crippen LogP contribution in [0.5, 0.6) is 5.75 Å². The number of phenols is 1. The average Bonchev–Trinajstić information content (AvgIpc) is 3.76. The van der Waals surface area contributed by atoms with Crippen LogP contribution in [0.15, 0.2) is 54.6 Å². The Morgan fingerprint density at radius 2 is 1.68 bits per heavy atom. The second-order valence-corrected chi connectivity index (χ2v) is 23.0. The Labute approximate surface area is 347 Å². The van der Waals surface area contributed by atoms with Gasteiger partial charge in [0.2, 0.25) is 0 Å². The number of rotatable bonds is 16. The van der Waals surface area contributed by atoms with E-state index in [1.807, 2.05) is 78.5 Å². The maximum absolute atomic E-state index is 13.8. The molecule has 57 heavy (non-hydrogen) atoms. The molecule has 0 amide bonds. The number of aryl methyl sites for hydroxylation is 7. The molecule has 0 aliphatic rings. The summed E-state index contributed by atoms with van der Waals surface area (Å²) in [5.74, 6) is 1.63. The molecule has 3 aromatic carbocycles. The first-order chi connectivity index (χ1) is 27.0. The highest BCUT2D eigenvalue weighted by molar-refractivity contribution is 7.98. The second-order valence-electron chi connectivity index (χ2n) is 16.7. The zero-order valence-corrected chi connectivity index (χ0v) is 37.8. The van der Waals surface area contributed by atoms with Crippen LogP contribution in [0.3, 0.4) is 0 Å². The molecule has 0 atom stereocenters. The van der Waals surface area contributed by atoms with Crippen molar-refractivity contribution < 1.29 is 19.1 Å². The molecule has 6 rings (SSSR count). The SMILES string of the molecule is COC(=O)c1c(CCCO[Si](C)(C)C(C)(C)C)c2ccc(Cl)c(-c3c(C)nn(C)c3C)c2n1CCCSCc1cc(CCc2cc(O)c3ccccc3c2)n(C)n1. The highest BCUT2D eigenvalue weighted by Gasteiger charge is 2.37. The summed E-state index contributed by atoms with van der Waals surface area (Å²) in [6, 6.07) is 18.2. The molecule has 0 aliphatic heterocycles. The minimum atomic E-state index is -1.93. The first-order valence-corrected chi connectivity index (χ1v) is 24.3. The van der Waals surface area contributed by atoms with Crippen LogP contribution >= 0.6 is 23.4 Å². The normalized spacial score (nSPS) is 12.3. The topological polar surface area (TPSA) is 96.3 Å². The summed E-state index contributed by atoms with van der Waals surface area (Å²) in [5, 5.41) is 23.8. The number of carbonyl (C=O) groups is 1. The Balaban J connectivity index is 1.21. The largest absolute Gasteiger partial charge is 0.507 e. The van der Waals surface area contributed by atoms with Crippen molar-refractivity contribution in [2.24, 2.45) is 14.1 Å². The molecular weight excluding hydrogens is 770 g/mol. The van der Waals surface area contributed by atoms with E-state index in [2.05, 4.69) is 63.6 Å². The summed E-state index contributed by atoms with van der Waals surface area (Å²) in [6.45, 7) is 16.6. The standard InChI is InChI=1S/C45H58ClN5O4SSi/c1-29-40(30(2)49(6)47-29)41-38(46)21-20-37-36(17-13-23-55-57(9,10)45(3,4)5)43(44(53)54-8)51(42(37)41)22-14-24-56-28-33-27-34(50(7)48-33)19-18-31-25-32-15-11-12-16-35(32)39(52)26-31/h11-12,15-16,20-21,25-27,52H,13-14,17-19,22-24,28H2,1-10H3. The lowest BCUT2D eigenvalue weighted by molar-refractivity contribution is 0.0587. The van der Waals surface area contributed by atoms with Crippen LogP contribution in [0.4, 0.5) is 0 Å². The van der Waals surface area contributed by atoms with Gasteiger partial charge in [0.1, 0.15) is 11.4 Å². The van der Waals surface area contributed by atoms with Gasteiger partial charge in [-0.1, -0.05) is 68.8 Å². The number of fused-ring (bicyclic) bond motifs is 2. The fourth-order valence-corrected chi connectivity index (χ4v) is 9.77. The number of nitrogens with zero attached hydrogens (tertiary/aromatic N) is 5. The van der Waals surface area contributed by atoms with E-state index >= 15 is 0 Å². The predicted octanol–water partition coefficient (Wildman–Crippen LogP) is 10.8. The molecule has 9 nitrogen and oxygen atoms in total. The number of ether oxygens (including phenoxy) is 1. The van der Waals surface area contributed by atoms with Gasteiger partial charge in [-0.15, -0.1) is 0 Å². The van der Waals surface area contributed by atoms with Crippen LogP contribution in [-0.4, -0.2) is 63.0 Å². The fraction of sp³-hybridized carbons (Fsp3) is 0.444. The van der Waals surface area contributed by atoms with Gasteiger partial charge in [0, 0.05) is 66.3 Å². The first-order valence-electron chi connectivity index (χ1n) is 19.9. The van der Waals surface area contributed by atoms with Gasteiger partial charge in [-0.25, -0.2) is 4.79 Å². The zero-order valence-electron chi connectivity index (χ0n) is 35.3. The van der Waals surface area contributed by atoms with E-state index in [0.29, 0.717) is 36.0 Å². The number of hydrogen-bond acceptors (Lipinski definition) is 7. The number of esters is 1. The van der Waals surface area contributed by atoms with Crippen molar-refractivity contribution in [2.75, 3.05) is 19.5 Å². The molecule has 3 aromatic heterocycles.